The number of alkyl carbamates (subject to hydrolysis) is 1. The summed E-state index contributed by atoms with van der Waals surface area (Å²) in [7, 11) is 0.749. The first kappa shape index (κ1) is 24.8. The van der Waals surface area contributed by atoms with Crippen molar-refractivity contribution in [3.8, 4) is 5.75 Å². The van der Waals surface area contributed by atoms with Crippen LogP contribution in [0.2, 0.25) is 0 Å². The predicted octanol–water partition coefficient (Wildman–Crippen LogP) is 3.93. The first-order valence-corrected chi connectivity index (χ1v) is 10.1. The molecule has 1 aromatic carbocycles. The van der Waals surface area contributed by atoms with Crippen LogP contribution >= 0.6 is 0 Å². The summed E-state index contributed by atoms with van der Waals surface area (Å²) in [6, 6.07) is 4.55. The van der Waals surface area contributed by atoms with E-state index in [4.69, 9.17) is 18.8 Å². The Kier molecular flexibility index (Phi) is 7.12. The molecule has 1 fully saturated rings. The Bertz CT molecular complexity index is 855. The van der Waals surface area contributed by atoms with E-state index in [-0.39, 0.29) is 12.1 Å². The summed E-state index contributed by atoms with van der Waals surface area (Å²) in [4.78, 5) is 23.6. The number of hydrogen-bond donors (Lipinski definition) is 2. The van der Waals surface area contributed by atoms with E-state index in [0.29, 0.717) is 16.8 Å². The van der Waals surface area contributed by atoms with Crippen LogP contribution in [0.3, 0.4) is 0 Å². The summed E-state index contributed by atoms with van der Waals surface area (Å²) < 4.78 is 23.0. The van der Waals surface area contributed by atoms with Crippen molar-refractivity contribution in [1.82, 2.24) is 5.32 Å². The highest BCUT2D eigenvalue weighted by Crippen LogP contribution is 2.39. The summed E-state index contributed by atoms with van der Waals surface area (Å²) >= 11 is 0. The summed E-state index contributed by atoms with van der Waals surface area (Å²) in [5, 5.41) is 12.1. The van der Waals surface area contributed by atoms with E-state index < -0.39 is 36.0 Å². The van der Waals surface area contributed by atoms with E-state index in [2.05, 4.69) is 5.32 Å². The van der Waals surface area contributed by atoms with Crippen molar-refractivity contribution in [2.45, 2.75) is 65.3 Å². The lowest BCUT2D eigenvalue weighted by atomic mass is 9.76. The van der Waals surface area contributed by atoms with Crippen LogP contribution in [-0.2, 0) is 14.0 Å². The average molecular weight is 433 g/mol. The fourth-order valence-corrected chi connectivity index (χ4v) is 2.87. The van der Waals surface area contributed by atoms with Crippen LogP contribution in [-0.4, -0.2) is 54.7 Å². The number of hydrogen-bond acceptors (Lipinski definition) is 6. The number of aromatic carboxylic acids is 1. The second-order valence-electron chi connectivity index (χ2n) is 9.42. The topological polar surface area (TPSA) is 103 Å². The lowest BCUT2D eigenvalue weighted by Crippen LogP contribution is -2.41. The van der Waals surface area contributed by atoms with Gasteiger partial charge in [0.2, 0.25) is 0 Å². The van der Waals surface area contributed by atoms with Gasteiger partial charge in [0.15, 0.2) is 0 Å². The molecule has 170 valence electrons. The highest BCUT2D eigenvalue weighted by molar-refractivity contribution is 6.56. The largest absolute Gasteiger partial charge is 0.496 e. The maximum Gasteiger partial charge on any atom is 0.492 e. The third-order valence-corrected chi connectivity index (χ3v) is 5.21. The molecule has 0 radical (unpaired) electrons. The van der Waals surface area contributed by atoms with Crippen LogP contribution in [0, 0.1) is 0 Å². The monoisotopic (exact) mass is 433 g/mol. The number of ether oxygens (including phenoxy) is 2. The molecule has 1 amide bonds. The van der Waals surface area contributed by atoms with Gasteiger partial charge in [0.1, 0.15) is 11.4 Å². The Hall–Kier alpha value is -2.52. The third kappa shape index (κ3) is 6.24. The maximum absolute atomic E-state index is 12.2. The van der Waals surface area contributed by atoms with Gasteiger partial charge in [0.25, 0.3) is 0 Å². The second-order valence-corrected chi connectivity index (χ2v) is 9.42. The summed E-state index contributed by atoms with van der Waals surface area (Å²) in [5.74, 6) is -0.572. The molecule has 0 atom stereocenters. The Morgan fingerprint density at radius 3 is 2.23 bits per heavy atom. The normalized spacial score (nSPS) is 17.9. The number of rotatable bonds is 6. The number of carbonyl (C=O) groups is 2. The van der Waals surface area contributed by atoms with Crippen molar-refractivity contribution < 1.29 is 33.5 Å². The molecule has 0 saturated carbocycles. The fraction of sp³-hybridized carbons (Fsp3) is 0.545. The van der Waals surface area contributed by atoms with Gasteiger partial charge in [-0.3, -0.25) is 0 Å². The number of carbonyl (C=O) groups excluding carboxylic acids is 1. The Morgan fingerprint density at radius 1 is 1.16 bits per heavy atom. The van der Waals surface area contributed by atoms with E-state index in [9.17, 15) is 14.7 Å². The highest BCUT2D eigenvalue weighted by atomic mass is 16.7. The molecule has 9 heteroatoms. The van der Waals surface area contributed by atoms with E-state index in [1.165, 1.54) is 19.2 Å². The molecule has 1 saturated heterocycles. The molecule has 31 heavy (non-hydrogen) atoms. The van der Waals surface area contributed by atoms with E-state index >= 15 is 0 Å². The minimum absolute atomic E-state index is 0.0756. The molecule has 1 aliphatic rings. The van der Waals surface area contributed by atoms with Gasteiger partial charge in [0, 0.05) is 12.1 Å². The first-order valence-electron chi connectivity index (χ1n) is 10.1. The Morgan fingerprint density at radius 2 is 1.74 bits per heavy atom. The number of benzene rings is 1. The Labute approximate surface area is 184 Å². The van der Waals surface area contributed by atoms with Gasteiger partial charge in [-0.05, 0) is 72.1 Å². The summed E-state index contributed by atoms with van der Waals surface area (Å²) in [6.45, 7) is 13.1. The third-order valence-electron chi connectivity index (χ3n) is 5.21. The standard InChI is InChI=1S/C22H32BNO7/c1-20(2,3)29-19(27)24-13-16(23-30-21(4,5)22(6,7)31-23)12-15-11-14(18(25)26)9-10-17(15)28-8/h9-12H,13H2,1-8H3,(H,24,27)(H,25,26). The van der Waals surface area contributed by atoms with Gasteiger partial charge in [-0.25, -0.2) is 9.59 Å². The predicted molar refractivity (Wildman–Crippen MR) is 118 cm³/mol. The number of methoxy groups -OCH3 is 1. The summed E-state index contributed by atoms with van der Waals surface area (Å²) in [5.41, 5.74) is -0.591. The zero-order valence-corrected chi connectivity index (χ0v) is 19.5. The smallest absolute Gasteiger partial charge is 0.492 e. The minimum Gasteiger partial charge on any atom is -0.496 e. The van der Waals surface area contributed by atoms with Crippen molar-refractivity contribution in [2.24, 2.45) is 0 Å². The van der Waals surface area contributed by atoms with Gasteiger partial charge in [0.05, 0.1) is 23.9 Å². The average Bonchev–Trinajstić information content (AvgIpc) is 2.84. The van der Waals surface area contributed by atoms with Gasteiger partial charge < -0.3 is 29.2 Å². The molecule has 1 aliphatic heterocycles. The molecule has 8 nitrogen and oxygen atoms in total. The SMILES string of the molecule is COc1ccc(C(=O)O)cc1C=C(CNC(=O)OC(C)(C)C)B1OC(C)(C)C(C)(C)O1. The zero-order valence-electron chi connectivity index (χ0n) is 19.5. The van der Waals surface area contributed by atoms with Crippen LogP contribution < -0.4 is 10.1 Å². The van der Waals surface area contributed by atoms with Crippen LogP contribution in [0.15, 0.2) is 23.7 Å². The molecule has 1 heterocycles. The van der Waals surface area contributed by atoms with E-state index in [1.54, 1.807) is 32.9 Å². The molecule has 0 bridgehead atoms. The zero-order chi connectivity index (χ0) is 23.6. The highest BCUT2D eigenvalue weighted by Gasteiger charge is 2.52. The molecular weight excluding hydrogens is 401 g/mol. The molecule has 0 aromatic heterocycles. The van der Waals surface area contributed by atoms with Crippen molar-refractivity contribution in [3.63, 3.8) is 0 Å². The number of nitrogens with one attached hydrogen (secondary N) is 1. The van der Waals surface area contributed by atoms with Crippen molar-refractivity contribution >= 4 is 25.3 Å². The van der Waals surface area contributed by atoms with Crippen molar-refractivity contribution in [3.05, 3.63) is 34.8 Å². The quantitative estimate of drug-likeness (QED) is 0.655. The molecule has 0 spiro atoms. The number of carboxylic acids is 1. The van der Waals surface area contributed by atoms with Crippen molar-refractivity contribution in [1.29, 1.82) is 0 Å². The molecule has 0 aliphatic carbocycles. The molecule has 2 rings (SSSR count). The van der Waals surface area contributed by atoms with Crippen molar-refractivity contribution in [2.75, 3.05) is 13.7 Å². The maximum atomic E-state index is 12.2. The molecular formula is C22H32BNO7. The van der Waals surface area contributed by atoms with E-state index in [0.717, 1.165) is 0 Å². The van der Waals surface area contributed by atoms with E-state index in [1.807, 2.05) is 27.7 Å². The van der Waals surface area contributed by atoms with Gasteiger partial charge >= 0.3 is 19.2 Å². The number of carboxylic acid groups (broad SMARTS) is 1. The minimum atomic E-state index is -1.05. The molecule has 0 unspecified atom stereocenters. The molecule has 1 aromatic rings. The van der Waals surface area contributed by atoms with Gasteiger partial charge in [-0.2, -0.15) is 0 Å². The van der Waals surface area contributed by atoms with Gasteiger partial charge in [-0.15, -0.1) is 0 Å². The summed E-state index contributed by atoms with van der Waals surface area (Å²) in [6.07, 6.45) is 1.13. The first-order chi connectivity index (χ1) is 14.1. The van der Waals surface area contributed by atoms with Gasteiger partial charge in [-0.1, -0.05) is 6.08 Å². The van der Waals surface area contributed by atoms with Crippen LogP contribution in [0.1, 0.15) is 64.4 Å². The van der Waals surface area contributed by atoms with Crippen LogP contribution in [0.25, 0.3) is 6.08 Å². The lowest BCUT2D eigenvalue weighted by Gasteiger charge is -2.32. The van der Waals surface area contributed by atoms with Crippen LogP contribution in [0.5, 0.6) is 5.75 Å². The molecule has 2 N–H and O–H groups in total. The second kappa shape index (κ2) is 8.92. The van der Waals surface area contributed by atoms with Crippen LogP contribution in [0.4, 0.5) is 4.79 Å². The fourth-order valence-electron chi connectivity index (χ4n) is 2.87. The lowest BCUT2D eigenvalue weighted by molar-refractivity contribution is 0.00578. The Balaban J connectivity index is 2.42. The number of amides is 1.